The zero-order valence-corrected chi connectivity index (χ0v) is 39.6. The molecule has 7 aromatic rings. The van der Waals surface area contributed by atoms with Crippen molar-refractivity contribution in [2.24, 2.45) is 0 Å². The predicted octanol–water partition coefficient (Wildman–Crippen LogP) is 9.42. The zero-order valence-electron chi connectivity index (χ0n) is 35.2. The van der Waals surface area contributed by atoms with Gasteiger partial charge in [-0.1, -0.05) is 0 Å². The summed E-state index contributed by atoms with van der Waals surface area (Å²) in [6.07, 6.45) is 3.97. The summed E-state index contributed by atoms with van der Waals surface area (Å²) in [5.74, 6) is -13.6. The van der Waals surface area contributed by atoms with Crippen molar-refractivity contribution in [2.75, 3.05) is 0 Å². The first-order valence-electron chi connectivity index (χ1n) is 19.5. The maximum absolute atomic E-state index is 16.3. The number of nitrogens with zero attached hydrogens (tertiary/aromatic N) is 2. The van der Waals surface area contributed by atoms with Gasteiger partial charge in [-0.3, -0.25) is 18.2 Å². The maximum atomic E-state index is 16.3. The number of halogens is 8. The Hall–Kier alpha value is -6.92. The molecule has 1 radical (unpaired) electrons. The second-order valence-electron chi connectivity index (χ2n) is 15.5. The first kappa shape index (κ1) is 52.4. The third-order valence-electron chi connectivity index (χ3n) is 11.0. The molecule has 0 fully saturated rings. The molecule has 8 bridgehead atoms. The Balaban J connectivity index is 0.00000711. The van der Waals surface area contributed by atoms with Gasteiger partial charge in [0.25, 0.3) is 40.5 Å². The van der Waals surface area contributed by atoms with Crippen molar-refractivity contribution in [3.05, 3.63) is 142 Å². The van der Waals surface area contributed by atoms with E-state index in [-0.39, 0.29) is 65.6 Å². The van der Waals surface area contributed by atoms with Gasteiger partial charge in [0.2, 0.25) is 0 Å². The monoisotopic (exact) mass is 1130 g/mol. The van der Waals surface area contributed by atoms with Gasteiger partial charge in [-0.05, 0) is 97.1 Å². The molecule has 5 heterocycles. The minimum absolute atomic E-state index is 0. The summed E-state index contributed by atoms with van der Waals surface area (Å²) in [5, 5.41) is 0. The van der Waals surface area contributed by atoms with Crippen LogP contribution >= 0.6 is 0 Å². The van der Waals surface area contributed by atoms with Crippen molar-refractivity contribution < 1.29 is 104 Å². The number of benzene rings is 4. The molecule has 0 unspecified atom stereocenters. The van der Waals surface area contributed by atoms with Crippen molar-refractivity contribution in [3.63, 3.8) is 0 Å². The van der Waals surface area contributed by atoms with E-state index in [4.69, 9.17) is 0 Å². The van der Waals surface area contributed by atoms with E-state index >= 15 is 35.1 Å². The van der Waals surface area contributed by atoms with E-state index in [1.165, 1.54) is 0 Å². The van der Waals surface area contributed by atoms with Crippen molar-refractivity contribution in [2.45, 2.75) is 19.6 Å². The van der Waals surface area contributed by atoms with E-state index in [0.717, 1.165) is 48.6 Å². The third-order valence-corrected chi connectivity index (χ3v) is 14.3. The predicted molar refractivity (Wildman–Crippen MR) is 240 cm³/mol. The van der Waals surface area contributed by atoms with Crippen LogP contribution in [0.4, 0.5) is 35.1 Å². The number of aromatic nitrogens is 4. The number of hydrogen-bond donors (Lipinski definition) is 6. The molecule has 9 rings (SSSR count). The van der Waals surface area contributed by atoms with Crippen LogP contribution in [-0.4, -0.2) is 71.8 Å². The minimum Gasteiger partial charge on any atom is -0.354 e. The van der Waals surface area contributed by atoms with E-state index in [2.05, 4.69) is 19.9 Å². The average molecular weight is 1130 g/mol. The van der Waals surface area contributed by atoms with Gasteiger partial charge in [0.15, 0.2) is 0 Å². The summed E-state index contributed by atoms with van der Waals surface area (Å²) in [4.78, 5) is 9.02. The van der Waals surface area contributed by atoms with Crippen LogP contribution in [-0.2, 0) is 57.5 Å². The Morgan fingerprint density at radius 3 is 0.630 bits per heavy atom. The summed E-state index contributed by atoms with van der Waals surface area (Å²) in [6.45, 7) is 0. The van der Waals surface area contributed by atoms with Crippen molar-refractivity contribution >= 4 is 86.8 Å². The van der Waals surface area contributed by atoms with Gasteiger partial charge in [-0.25, -0.2) is 45.1 Å². The summed E-state index contributed by atoms with van der Waals surface area (Å²) in [6, 6.07) is 5.73. The third kappa shape index (κ3) is 9.50. The van der Waals surface area contributed by atoms with E-state index in [9.17, 15) is 51.9 Å². The summed E-state index contributed by atoms with van der Waals surface area (Å²) >= 11 is 0. The molecular formula is C44H22F8FeN4O12S4+3. The minimum atomic E-state index is -5.28. The first-order chi connectivity index (χ1) is 33.5. The number of fused-ring (bicyclic) bond motifs is 8. The van der Waals surface area contributed by atoms with Gasteiger partial charge < -0.3 is 9.97 Å². The molecule has 0 saturated carbocycles. The van der Waals surface area contributed by atoms with Crippen LogP contribution in [0.25, 0.3) is 90.9 Å². The molecule has 0 saturated heterocycles. The number of hydrogen-bond acceptors (Lipinski definition) is 10. The Morgan fingerprint density at radius 2 is 0.479 bits per heavy atom. The van der Waals surface area contributed by atoms with Crippen LogP contribution in [0.5, 0.6) is 0 Å². The van der Waals surface area contributed by atoms with Crippen LogP contribution in [0.2, 0.25) is 0 Å². The van der Waals surface area contributed by atoms with Crippen LogP contribution in [0, 0.1) is 46.5 Å². The average Bonchev–Trinajstić information content (AvgIpc) is 4.10. The molecule has 375 valence electrons. The van der Waals surface area contributed by atoms with Crippen LogP contribution in [0.1, 0.15) is 22.8 Å². The fourth-order valence-electron chi connectivity index (χ4n) is 8.01. The molecule has 6 N–H and O–H groups in total. The Bertz CT molecular complexity index is 3710. The van der Waals surface area contributed by atoms with Gasteiger partial charge >= 0.3 is 17.1 Å². The molecule has 0 aliphatic carbocycles. The molecule has 29 heteroatoms. The smallest absolute Gasteiger partial charge is 0.354 e. The molecule has 73 heavy (non-hydrogen) atoms. The standard InChI is InChI=1S/C44H22F8N4O12S4.Fe/c45-21-9-17(69(57,58)59)10-22(46)37(21)41-29-1-2-30(53-29)42(38-23(47)11-18(12-24(38)48)70(60,61)62)32-5-6-34(55-32)44(40-27(51)15-20(16-28(40)52)72(66,67)68)36-8-7-35(56-36)43(33-4-3-31(41)54-33)39-25(49)13-19(14-26(39)50)71(63,64)65;/h1-16,53,56H,(H,57,58,59)(H,60,61,62)(H,63,64,65)(H,66,67,68);/q;+3. The van der Waals surface area contributed by atoms with Gasteiger partial charge in [-0.2, -0.15) is 33.7 Å². The second kappa shape index (κ2) is 18.2. The van der Waals surface area contributed by atoms with Gasteiger partial charge in [0, 0.05) is 44.3 Å². The van der Waals surface area contributed by atoms with Crippen LogP contribution < -0.4 is 0 Å². The number of aromatic amines is 2. The zero-order chi connectivity index (χ0) is 52.3. The molecule has 2 aliphatic heterocycles. The molecule has 0 spiro atoms. The summed E-state index contributed by atoms with van der Waals surface area (Å²) < 4.78 is 265. The van der Waals surface area contributed by atoms with Crippen molar-refractivity contribution in [3.8, 4) is 44.5 Å². The Kier molecular flexibility index (Phi) is 13.1. The molecule has 0 atom stereocenters. The first-order valence-corrected chi connectivity index (χ1v) is 25.3. The van der Waals surface area contributed by atoms with E-state index in [1.54, 1.807) is 0 Å². The Labute approximate surface area is 414 Å². The summed E-state index contributed by atoms with van der Waals surface area (Å²) in [5.41, 5.74) is -11.3. The van der Waals surface area contributed by atoms with Crippen molar-refractivity contribution in [1.29, 1.82) is 0 Å². The second-order valence-corrected chi connectivity index (χ2v) is 21.1. The van der Waals surface area contributed by atoms with Gasteiger partial charge in [0.05, 0.1) is 64.6 Å². The van der Waals surface area contributed by atoms with E-state index in [1.807, 2.05) is 0 Å². The molecule has 16 nitrogen and oxygen atoms in total. The van der Waals surface area contributed by atoms with Crippen molar-refractivity contribution in [1.82, 2.24) is 19.9 Å². The van der Waals surface area contributed by atoms with Crippen LogP contribution in [0.15, 0.2) is 92.4 Å². The fraction of sp³-hybridized carbons (Fsp3) is 0. The normalized spacial score (nSPS) is 12.9. The van der Waals surface area contributed by atoms with Crippen LogP contribution in [0.3, 0.4) is 0 Å². The van der Waals surface area contributed by atoms with E-state index in [0.29, 0.717) is 0 Å². The van der Waals surface area contributed by atoms with Gasteiger partial charge in [-0.15, -0.1) is 0 Å². The number of nitrogens with one attached hydrogen (secondary N) is 2. The Morgan fingerprint density at radius 1 is 0.315 bits per heavy atom. The number of H-pyrrole nitrogens is 2. The van der Waals surface area contributed by atoms with E-state index < -0.39 is 196 Å². The molecule has 3 aromatic heterocycles. The number of rotatable bonds is 8. The summed E-state index contributed by atoms with van der Waals surface area (Å²) in [7, 11) is -21.1. The molecule has 2 aliphatic rings. The molecule has 0 amide bonds. The SMILES string of the molecule is O=S(=O)(O)c1cc(F)c(-c2c3nc(c(-c4c(F)cc(S(=O)(=O)O)cc4F)c4ccc([nH]4)c(-c4c(F)cc(S(=O)(=O)O)cc4F)c4nc(c(-c5c(F)cc(S(=O)(=O)O)cc5F)c5ccc2[nH]5)C=C4)C=C3)c(F)c1.[Fe+3]. The molecular weight excluding hydrogens is 1110 g/mol. The maximum Gasteiger partial charge on any atom is 3.00 e. The quantitative estimate of drug-likeness (QED) is 0.0470. The molecule has 4 aromatic carbocycles. The van der Waals surface area contributed by atoms with Gasteiger partial charge in [0.1, 0.15) is 46.5 Å². The fourth-order valence-corrected chi connectivity index (χ4v) is 10.0. The largest absolute Gasteiger partial charge is 3.00 e. The topological polar surface area (TPSA) is 275 Å².